The van der Waals surface area contributed by atoms with Gasteiger partial charge in [-0.15, -0.1) is 17.8 Å². The molecule has 1 aliphatic rings. The van der Waals surface area contributed by atoms with Crippen LogP contribution in [0.4, 0.5) is 5.69 Å². The van der Waals surface area contributed by atoms with Gasteiger partial charge < -0.3 is 5.11 Å². The first-order chi connectivity index (χ1) is 11.0. The lowest BCUT2D eigenvalue weighted by atomic mass is 9.89. The zero-order chi connectivity index (χ0) is 16.6. The van der Waals surface area contributed by atoms with Crippen LogP contribution in [0.2, 0.25) is 0 Å². The molecule has 1 amide bonds. The largest absolute Gasteiger partial charge is 0.375 e. The normalized spacial score (nSPS) is 19.5. The number of Topliss-reactive ketones (excluding diaryl/α,β-unsaturated/α-hetero) is 1. The van der Waals surface area contributed by atoms with Crippen molar-refractivity contribution < 1.29 is 14.7 Å². The molecule has 6 heteroatoms. The lowest BCUT2D eigenvalue weighted by Gasteiger charge is -2.21. The Morgan fingerprint density at radius 2 is 2.09 bits per heavy atom. The summed E-state index contributed by atoms with van der Waals surface area (Å²) in [6.45, 7) is 0.0525. The second-order valence-electron chi connectivity index (χ2n) is 5.18. The van der Waals surface area contributed by atoms with E-state index in [0.29, 0.717) is 16.1 Å². The lowest BCUT2D eigenvalue weighted by Crippen LogP contribution is -2.41. The zero-order valence-electron chi connectivity index (χ0n) is 12.0. The molecule has 1 atom stereocenters. The van der Waals surface area contributed by atoms with Crippen molar-refractivity contribution >= 4 is 44.6 Å². The van der Waals surface area contributed by atoms with Gasteiger partial charge in [0.05, 0.1) is 27.3 Å². The molecular formula is C17H12BrNO3S. The van der Waals surface area contributed by atoms with Gasteiger partial charge in [0.1, 0.15) is 0 Å². The van der Waals surface area contributed by atoms with E-state index in [-0.39, 0.29) is 18.7 Å². The molecule has 2 aromatic rings. The summed E-state index contributed by atoms with van der Waals surface area (Å²) in [7, 11) is 0. The number of ketones is 1. The van der Waals surface area contributed by atoms with Crippen molar-refractivity contribution in [2.24, 2.45) is 0 Å². The molecule has 4 nitrogen and oxygen atoms in total. The van der Waals surface area contributed by atoms with Gasteiger partial charge in [0.25, 0.3) is 5.91 Å². The van der Waals surface area contributed by atoms with Crippen LogP contribution in [0.3, 0.4) is 0 Å². The summed E-state index contributed by atoms with van der Waals surface area (Å²) >= 11 is 4.57. The van der Waals surface area contributed by atoms with Gasteiger partial charge >= 0.3 is 0 Å². The Hall–Kier alpha value is -1.94. The number of amides is 1. The molecule has 0 bridgehead atoms. The van der Waals surface area contributed by atoms with E-state index in [1.807, 2.05) is 0 Å². The Bertz CT molecular complexity index is 838. The van der Waals surface area contributed by atoms with E-state index in [9.17, 15) is 14.7 Å². The molecule has 0 aliphatic carbocycles. The fourth-order valence-corrected chi connectivity index (χ4v) is 4.03. The van der Waals surface area contributed by atoms with Gasteiger partial charge in [0.2, 0.25) is 0 Å². The highest BCUT2D eigenvalue weighted by Crippen LogP contribution is 2.43. The van der Waals surface area contributed by atoms with Crippen LogP contribution in [0, 0.1) is 12.3 Å². The average Bonchev–Trinajstić information content (AvgIpc) is 3.05. The standard InChI is InChI=1S/C17H12BrNO3S/c1-2-9-19-12-6-4-3-5-11(12)17(22,16(19)21)10-13(20)14-7-8-15(18)23-14/h1,3-8,22H,9-10H2. The number of anilines is 1. The molecule has 23 heavy (non-hydrogen) atoms. The van der Waals surface area contributed by atoms with Crippen molar-refractivity contribution in [1.82, 2.24) is 0 Å². The van der Waals surface area contributed by atoms with Gasteiger partial charge in [-0.3, -0.25) is 14.5 Å². The third kappa shape index (κ3) is 2.61. The first-order valence-corrected chi connectivity index (χ1v) is 8.44. The van der Waals surface area contributed by atoms with Crippen LogP contribution in [-0.2, 0) is 10.4 Å². The fourth-order valence-electron chi connectivity index (χ4n) is 2.71. The molecule has 1 aliphatic heterocycles. The minimum atomic E-state index is -1.87. The van der Waals surface area contributed by atoms with Crippen LogP contribution in [0.1, 0.15) is 21.7 Å². The van der Waals surface area contributed by atoms with Crippen molar-refractivity contribution in [3.8, 4) is 12.3 Å². The van der Waals surface area contributed by atoms with Crippen LogP contribution in [0.25, 0.3) is 0 Å². The molecule has 0 radical (unpaired) electrons. The Morgan fingerprint density at radius 1 is 1.35 bits per heavy atom. The molecule has 1 unspecified atom stereocenters. The monoisotopic (exact) mass is 389 g/mol. The molecule has 1 N–H and O–H groups in total. The number of fused-ring (bicyclic) bond motifs is 1. The van der Waals surface area contributed by atoms with Crippen LogP contribution < -0.4 is 4.90 Å². The number of benzene rings is 1. The summed E-state index contributed by atoms with van der Waals surface area (Å²) in [6, 6.07) is 10.3. The Kier molecular flexibility index (Phi) is 4.11. The van der Waals surface area contributed by atoms with Crippen molar-refractivity contribution in [3.63, 3.8) is 0 Å². The maximum Gasteiger partial charge on any atom is 0.265 e. The van der Waals surface area contributed by atoms with Crippen LogP contribution in [-0.4, -0.2) is 23.3 Å². The van der Waals surface area contributed by atoms with E-state index in [1.54, 1.807) is 36.4 Å². The highest BCUT2D eigenvalue weighted by molar-refractivity contribution is 9.11. The van der Waals surface area contributed by atoms with E-state index in [0.717, 1.165) is 3.79 Å². The van der Waals surface area contributed by atoms with Gasteiger partial charge in [-0.2, -0.15) is 0 Å². The third-order valence-corrected chi connectivity index (χ3v) is 5.42. The maximum absolute atomic E-state index is 12.7. The quantitative estimate of drug-likeness (QED) is 0.645. The highest BCUT2D eigenvalue weighted by Gasteiger charge is 2.50. The summed E-state index contributed by atoms with van der Waals surface area (Å²) in [5, 5.41) is 11.0. The summed E-state index contributed by atoms with van der Waals surface area (Å²) in [6.07, 6.45) is 5.01. The fraction of sp³-hybridized carbons (Fsp3) is 0.176. The number of para-hydroxylation sites is 1. The number of rotatable bonds is 4. The molecule has 116 valence electrons. The SMILES string of the molecule is C#CCN1C(=O)C(O)(CC(=O)c2ccc(Br)s2)c2ccccc21. The van der Waals surface area contributed by atoms with Gasteiger partial charge in [0, 0.05) is 5.56 Å². The van der Waals surface area contributed by atoms with Crippen LogP contribution in [0.15, 0.2) is 40.2 Å². The van der Waals surface area contributed by atoms with E-state index < -0.39 is 11.5 Å². The molecule has 1 aromatic heterocycles. The van der Waals surface area contributed by atoms with Gasteiger partial charge in [-0.25, -0.2) is 0 Å². The van der Waals surface area contributed by atoms with E-state index >= 15 is 0 Å². The topological polar surface area (TPSA) is 57.6 Å². The number of carbonyl (C=O) groups is 2. The van der Waals surface area contributed by atoms with E-state index in [4.69, 9.17) is 6.42 Å². The molecule has 1 aromatic carbocycles. The zero-order valence-corrected chi connectivity index (χ0v) is 14.4. The Balaban J connectivity index is 1.99. The number of hydrogen-bond acceptors (Lipinski definition) is 4. The van der Waals surface area contributed by atoms with Crippen molar-refractivity contribution in [2.75, 3.05) is 11.4 Å². The number of hydrogen-bond donors (Lipinski definition) is 1. The number of halogens is 1. The minimum absolute atomic E-state index is 0.0525. The summed E-state index contributed by atoms with van der Waals surface area (Å²) in [4.78, 5) is 27.0. The molecule has 0 fully saturated rings. The molecule has 0 spiro atoms. The molecular weight excluding hydrogens is 378 g/mol. The highest BCUT2D eigenvalue weighted by atomic mass is 79.9. The van der Waals surface area contributed by atoms with Gasteiger partial charge in [-0.1, -0.05) is 24.1 Å². The van der Waals surface area contributed by atoms with Crippen LogP contribution in [0.5, 0.6) is 0 Å². The van der Waals surface area contributed by atoms with Crippen molar-refractivity contribution in [1.29, 1.82) is 0 Å². The smallest absolute Gasteiger partial charge is 0.265 e. The summed E-state index contributed by atoms with van der Waals surface area (Å²) in [5.74, 6) is 1.57. The Labute approximate surface area is 145 Å². The second-order valence-corrected chi connectivity index (χ2v) is 7.64. The summed E-state index contributed by atoms with van der Waals surface area (Å²) < 4.78 is 0.819. The van der Waals surface area contributed by atoms with E-state index in [1.165, 1.54) is 16.2 Å². The van der Waals surface area contributed by atoms with Crippen LogP contribution >= 0.6 is 27.3 Å². The first-order valence-electron chi connectivity index (χ1n) is 6.83. The predicted octanol–water partition coefficient (Wildman–Crippen LogP) is 2.95. The summed E-state index contributed by atoms with van der Waals surface area (Å²) in [5.41, 5.74) is -0.900. The number of nitrogens with zero attached hydrogens (tertiary/aromatic N) is 1. The minimum Gasteiger partial charge on any atom is -0.375 e. The predicted molar refractivity (Wildman–Crippen MR) is 92.5 cm³/mol. The average molecular weight is 390 g/mol. The molecule has 3 rings (SSSR count). The third-order valence-electron chi connectivity index (χ3n) is 3.75. The number of terminal acetylenes is 1. The maximum atomic E-state index is 12.7. The van der Waals surface area contributed by atoms with Crippen molar-refractivity contribution in [3.05, 3.63) is 50.6 Å². The first kappa shape index (κ1) is 15.9. The van der Waals surface area contributed by atoms with E-state index in [2.05, 4.69) is 21.9 Å². The van der Waals surface area contributed by atoms with Crippen molar-refractivity contribution in [2.45, 2.75) is 12.0 Å². The van der Waals surface area contributed by atoms with Gasteiger partial charge in [0.15, 0.2) is 11.4 Å². The lowest BCUT2D eigenvalue weighted by molar-refractivity contribution is -0.135. The number of aliphatic hydroxyl groups is 1. The number of thiophene rings is 1. The van der Waals surface area contributed by atoms with Gasteiger partial charge in [-0.05, 0) is 34.1 Å². The molecule has 0 saturated heterocycles. The Morgan fingerprint density at radius 3 is 2.74 bits per heavy atom. The second kappa shape index (κ2) is 5.93. The number of carbonyl (C=O) groups excluding carboxylic acids is 2. The molecule has 2 heterocycles. The molecule has 0 saturated carbocycles.